The van der Waals surface area contributed by atoms with E-state index in [1.54, 1.807) is 0 Å². The molecule has 0 bridgehead atoms. The van der Waals surface area contributed by atoms with E-state index in [4.69, 9.17) is 11.2 Å². The molecule has 102 valence electrons. The fourth-order valence-corrected chi connectivity index (χ4v) is 7.11. The second kappa shape index (κ2) is 5.82. The summed E-state index contributed by atoms with van der Waals surface area (Å²) in [5.74, 6) is -3.50. The number of halogens is 1. The fraction of sp³-hybridized carbons (Fsp3) is 0.143. The van der Waals surface area contributed by atoms with Crippen LogP contribution in [0.15, 0.2) is 58.3 Å². The molecule has 0 heterocycles. The first kappa shape index (κ1) is 14.8. The Bertz CT molecular complexity index is 574. The highest BCUT2D eigenvalue weighted by Gasteiger charge is 2.16. The van der Waals surface area contributed by atoms with Gasteiger partial charge in [-0.1, -0.05) is 45.5 Å². The van der Waals surface area contributed by atoms with Crippen molar-refractivity contribution in [3.63, 3.8) is 0 Å². The van der Waals surface area contributed by atoms with E-state index in [-0.39, 0.29) is 0 Å². The second-order valence-corrected chi connectivity index (χ2v) is 11.5. The highest BCUT2D eigenvalue weighted by molar-refractivity contribution is 8.37. The van der Waals surface area contributed by atoms with E-state index in [0.717, 1.165) is 20.9 Å². The van der Waals surface area contributed by atoms with Crippen LogP contribution in [-0.4, -0.2) is 9.79 Å². The van der Waals surface area contributed by atoms with Gasteiger partial charge in [0.05, 0.1) is 0 Å². The highest BCUT2D eigenvalue weighted by atomic mass is 35.7. The molecule has 0 saturated heterocycles. The average molecular weight is 315 g/mol. The molecule has 2 rings (SSSR count). The largest absolute Gasteiger partial charge is 0.337 e. The van der Waals surface area contributed by atoms with Crippen molar-refractivity contribution in [1.82, 2.24) is 0 Å². The lowest BCUT2D eigenvalue weighted by atomic mass is 10.2. The van der Waals surface area contributed by atoms with Crippen LogP contribution in [-0.2, 0) is 10.1 Å². The molecule has 19 heavy (non-hydrogen) atoms. The third-order valence-corrected chi connectivity index (χ3v) is 8.52. The van der Waals surface area contributed by atoms with Gasteiger partial charge in [-0.2, -0.15) is 0 Å². The van der Waals surface area contributed by atoms with Crippen molar-refractivity contribution in [3.8, 4) is 0 Å². The molecule has 0 aliphatic rings. The molecular formula is C14H16ClO2PS. The Balaban J connectivity index is 2.62. The predicted octanol–water partition coefficient (Wildman–Crippen LogP) is 4.24. The summed E-state index contributed by atoms with van der Waals surface area (Å²) in [7, 11) is -0.897. The molecule has 0 unspecified atom stereocenters. The van der Waals surface area contributed by atoms with Gasteiger partial charge in [-0.25, -0.2) is 0 Å². The Morgan fingerprint density at radius 2 is 1.11 bits per heavy atom. The summed E-state index contributed by atoms with van der Waals surface area (Å²) in [6, 6.07) is 15.4. The summed E-state index contributed by atoms with van der Waals surface area (Å²) in [6.07, 6.45) is 0. The summed E-state index contributed by atoms with van der Waals surface area (Å²) >= 11 is 5.88. The van der Waals surface area contributed by atoms with Crippen LogP contribution in [0, 0.1) is 13.8 Å². The monoisotopic (exact) mass is 314 g/mol. The molecule has 0 spiro atoms. The number of aryl methyl sites for hydroxylation is 2. The third kappa shape index (κ3) is 3.71. The number of hydrogen-bond donors (Lipinski definition) is 2. The minimum Gasteiger partial charge on any atom is -0.337 e. The van der Waals surface area contributed by atoms with Crippen LogP contribution in [0.5, 0.6) is 0 Å². The van der Waals surface area contributed by atoms with E-state index in [1.165, 1.54) is 0 Å². The zero-order valence-corrected chi connectivity index (χ0v) is 13.2. The van der Waals surface area contributed by atoms with E-state index in [9.17, 15) is 9.79 Å². The number of hydrogen-bond acceptors (Lipinski definition) is 0. The first-order chi connectivity index (χ1) is 8.88. The van der Waals surface area contributed by atoms with Gasteiger partial charge in [-0.15, -0.1) is 0 Å². The summed E-state index contributed by atoms with van der Waals surface area (Å²) < 4.78 is 0. The Morgan fingerprint density at radius 1 is 0.789 bits per heavy atom. The molecule has 0 fully saturated rings. The SMILES string of the molecule is Cc1ccc(S(c2ccc(C)cc2)=P(O)(O)Cl)cc1. The smallest absolute Gasteiger partial charge is 0.244 e. The van der Waals surface area contributed by atoms with E-state index >= 15 is 0 Å². The third-order valence-electron chi connectivity index (χ3n) is 2.72. The van der Waals surface area contributed by atoms with Crippen molar-refractivity contribution in [2.75, 3.05) is 0 Å². The first-order valence-corrected chi connectivity index (χ1v) is 10.2. The minimum absolute atomic E-state index is 0.850. The van der Waals surface area contributed by atoms with Gasteiger partial charge in [0.1, 0.15) is 0 Å². The molecular weight excluding hydrogens is 299 g/mol. The fourth-order valence-electron chi connectivity index (χ4n) is 1.74. The number of rotatable bonds is 2. The summed E-state index contributed by atoms with van der Waals surface area (Å²) in [5, 5.41) is 0. The molecule has 0 aliphatic heterocycles. The maximum Gasteiger partial charge on any atom is 0.244 e. The molecule has 0 saturated carbocycles. The average Bonchev–Trinajstić information content (AvgIpc) is 2.33. The Hall–Kier alpha value is -0.570. The van der Waals surface area contributed by atoms with E-state index in [1.807, 2.05) is 62.4 Å². The maximum atomic E-state index is 9.97. The summed E-state index contributed by atoms with van der Waals surface area (Å²) in [4.78, 5) is 21.6. The molecule has 0 amide bonds. The van der Waals surface area contributed by atoms with E-state index in [0.29, 0.717) is 0 Å². The maximum absolute atomic E-state index is 9.97. The van der Waals surface area contributed by atoms with Crippen LogP contribution in [0.3, 0.4) is 0 Å². The van der Waals surface area contributed by atoms with Gasteiger partial charge < -0.3 is 9.79 Å². The Morgan fingerprint density at radius 3 is 1.37 bits per heavy atom. The van der Waals surface area contributed by atoms with E-state index < -0.39 is 15.9 Å². The van der Waals surface area contributed by atoms with Gasteiger partial charge in [-0.3, -0.25) is 0 Å². The van der Waals surface area contributed by atoms with Gasteiger partial charge in [0.2, 0.25) is 5.84 Å². The summed E-state index contributed by atoms with van der Waals surface area (Å²) in [5.41, 5.74) is 2.26. The molecule has 0 aromatic heterocycles. The zero-order valence-electron chi connectivity index (χ0n) is 10.7. The molecule has 2 N–H and O–H groups in total. The molecule has 2 aromatic carbocycles. The van der Waals surface area contributed by atoms with Crippen molar-refractivity contribution in [3.05, 3.63) is 59.7 Å². The van der Waals surface area contributed by atoms with Crippen molar-refractivity contribution in [2.24, 2.45) is 0 Å². The second-order valence-electron chi connectivity index (χ2n) is 4.38. The van der Waals surface area contributed by atoms with Gasteiger partial charge in [0, 0.05) is 9.79 Å². The Kier molecular flexibility index (Phi) is 4.54. The standard InChI is InChI=1S/C14H16ClO2PS/c1-11-3-7-13(8-4-11)19(18(15,16)17)14-9-5-12(2)6-10-14/h3-10,16-17H,1-2H3. The lowest BCUT2D eigenvalue weighted by Crippen LogP contribution is -1.95. The van der Waals surface area contributed by atoms with Gasteiger partial charge in [0.15, 0.2) is 0 Å². The topological polar surface area (TPSA) is 40.5 Å². The molecule has 5 heteroatoms. The van der Waals surface area contributed by atoms with Crippen LogP contribution < -0.4 is 0 Å². The van der Waals surface area contributed by atoms with Crippen LogP contribution >= 0.6 is 17.1 Å². The Labute approximate surface area is 120 Å². The van der Waals surface area contributed by atoms with Gasteiger partial charge in [-0.05, 0) is 49.4 Å². The van der Waals surface area contributed by atoms with E-state index in [2.05, 4.69) is 0 Å². The first-order valence-electron chi connectivity index (χ1n) is 5.80. The lowest BCUT2D eigenvalue weighted by molar-refractivity contribution is 0.500. The highest BCUT2D eigenvalue weighted by Crippen LogP contribution is 2.52. The van der Waals surface area contributed by atoms with Crippen LogP contribution in [0.2, 0.25) is 0 Å². The predicted molar refractivity (Wildman–Crippen MR) is 83.5 cm³/mol. The molecule has 0 atom stereocenters. The van der Waals surface area contributed by atoms with Crippen LogP contribution in [0.4, 0.5) is 0 Å². The van der Waals surface area contributed by atoms with Crippen molar-refractivity contribution in [1.29, 1.82) is 0 Å². The van der Waals surface area contributed by atoms with Crippen molar-refractivity contribution >= 4 is 27.2 Å². The molecule has 2 aromatic rings. The van der Waals surface area contributed by atoms with Gasteiger partial charge in [0.25, 0.3) is 0 Å². The van der Waals surface area contributed by atoms with Gasteiger partial charge >= 0.3 is 0 Å². The quantitative estimate of drug-likeness (QED) is 0.814. The molecule has 0 aliphatic carbocycles. The minimum atomic E-state index is -3.50. The summed E-state index contributed by atoms with van der Waals surface area (Å²) in [6.45, 7) is 3.99. The number of benzene rings is 2. The zero-order chi connectivity index (χ0) is 14.0. The van der Waals surface area contributed by atoms with Crippen molar-refractivity contribution in [2.45, 2.75) is 23.6 Å². The molecule has 2 nitrogen and oxygen atoms in total. The normalized spacial score (nSPS) is 11.9. The van der Waals surface area contributed by atoms with Crippen molar-refractivity contribution < 1.29 is 9.79 Å². The lowest BCUT2D eigenvalue weighted by Gasteiger charge is -2.16. The van der Waals surface area contributed by atoms with Crippen LogP contribution in [0.1, 0.15) is 11.1 Å². The van der Waals surface area contributed by atoms with Crippen LogP contribution in [0.25, 0.3) is 0 Å². The molecule has 0 radical (unpaired) electrons.